The second-order valence-corrected chi connectivity index (χ2v) is 3.85. The Bertz CT molecular complexity index is 207. The molecule has 14 heavy (non-hydrogen) atoms. The molecule has 0 saturated carbocycles. The second-order valence-electron chi connectivity index (χ2n) is 3.32. The third kappa shape index (κ3) is 5.14. The van der Waals surface area contributed by atoms with Gasteiger partial charge in [-0.3, -0.25) is 4.79 Å². The van der Waals surface area contributed by atoms with E-state index < -0.39 is 0 Å². The van der Waals surface area contributed by atoms with E-state index >= 15 is 0 Å². The van der Waals surface area contributed by atoms with Crippen molar-refractivity contribution >= 4 is 23.1 Å². The summed E-state index contributed by atoms with van der Waals surface area (Å²) in [7, 11) is 1.57. The lowest BCUT2D eigenvalue weighted by molar-refractivity contribution is -0.132. The van der Waals surface area contributed by atoms with Crippen LogP contribution in [0.25, 0.3) is 0 Å². The molecule has 5 heteroatoms. The van der Waals surface area contributed by atoms with Crippen LogP contribution in [-0.2, 0) is 9.53 Å². The van der Waals surface area contributed by atoms with Crippen LogP contribution in [0.4, 0.5) is 0 Å². The molecule has 0 rings (SSSR count). The summed E-state index contributed by atoms with van der Waals surface area (Å²) in [6.45, 7) is 4.64. The number of thiocarbonyl (C=S) groups is 1. The van der Waals surface area contributed by atoms with E-state index in [9.17, 15) is 4.79 Å². The van der Waals surface area contributed by atoms with Gasteiger partial charge in [0.25, 0.3) is 0 Å². The summed E-state index contributed by atoms with van der Waals surface area (Å²) in [6.07, 6.45) is 0.372. The van der Waals surface area contributed by atoms with Crippen molar-refractivity contribution < 1.29 is 9.53 Å². The van der Waals surface area contributed by atoms with E-state index in [-0.39, 0.29) is 11.9 Å². The van der Waals surface area contributed by atoms with Crippen LogP contribution in [0.1, 0.15) is 20.3 Å². The molecular formula is C9H18N2O2S. The van der Waals surface area contributed by atoms with Gasteiger partial charge in [0.05, 0.1) is 24.6 Å². The molecule has 0 aliphatic carbocycles. The van der Waals surface area contributed by atoms with Crippen molar-refractivity contribution in [1.82, 2.24) is 4.90 Å². The molecule has 0 spiro atoms. The highest BCUT2D eigenvalue weighted by atomic mass is 32.1. The highest BCUT2D eigenvalue weighted by Gasteiger charge is 2.16. The molecule has 0 radical (unpaired) electrons. The van der Waals surface area contributed by atoms with Crippen LogP contribution in [-0.4, -0.2) is 42.1 Å². The highest BCUT2D eigenvalue weighted by molar-refractivity contribution is 7.80. The number of carbonyl (C=O) groups excluding carboxylic acids is 1. The molecule has 0 aromatic rings. The van der Waals surface area contributed by atoms with E-state index in [1.807, 2.05) is 13.8 Å². The van der Waals surface area contributed by atoms with Gasteiger partial charge < -0.3 is 15.4 Å². The standard InChI is InChI=1S/C9H18N2O2S/c1-7(2)11(6-8(10)14)9(12)4-5-13-3/h7H,4-6H2,1-3H3,(H2,10,14). The minimum Gasteiger partial charge on any atom is -0.392 e. The predicted molar refractivity (Wildman–Crippen MR) is 60.1 cm³/mol. The second kappa shape index (κ2) is 6.73. The van der Waals surface area contributed by atoms with Crippen molar-refractivity contribution in [2.75, 3.05) is 20.3 Å². The van der Waals surface area contributed by atoms with Gasteiger partial charge in [-0.2, -0.15) is 0 Å². The number of hydrogen-bond acceptors (Lipinski definition) is 3. The van der Waals surface area contributed by atoms with E-state index in [0.717, 1.165) is 0 Å². The Labute approximate surface area is 90.4 Å². The number of methoxy groups -OCH3 is 1. The third-order valence-corrected chi connectivity index (χ3v) is 1.92. The normalized spacial score (nSPS) is 10.3. The first-order valence-electron chi connectivity index (χ1n) is 4.55. The van der Waals surface area contributed by atoms with Crippen LogP contribution in [0.5, 0.6) is 0 Å². The molecule has 0 aliphatic rings. The summed E-state index contributed by atoms with van der Waals surface area (Å²) < 4.78 is 4.84. The van der Waals surface area contributed by atoms with Crippen molar-refractivity contribution in [3.63, 3.8) is 0 Å². The maximum Gasteiger partial charge on any atom is 0.225 e. The Kier molecular flexibility index (Phi) is 6.40. The first kappa shape index (κ1) is 13.3. The van der Waals surface area contributed by atoms with Crippen LogP contribution in [0.3, 0.4) is 0 Å². The van der Waals surface area contributed by atoms with E-state index in [4.69, 9.17) is 22.7 Å². The lowest BCUT2D eigenvalue weighted by Crippen LogP contribution is -2.42. The van der Waals surface area contributed by atoms with Gasteiger partial charge >= 0.3 is 0 Å². The first-order valence-corrected chi connectivity index (χ1v) is 4.96. The minimum absolute atomic E-state index is 0.0228. The number of hydrogen-bond donors (Lipinski definition) is 1. The van der Waals surface area contributed by atoms with Gasteiger partial charge in [0.15, 0.2) is 0 Å². The Morgan fingerprint density at radius 2 is 2.14 bits per heavy atom. The number of amides is 1. The molecule has 0 heterocycles. The minimum atomic E-state index is 0.0228. The van der Waals surface area contributed by atoms with Crippen LogP contribution < -0.4 is 5.73 Å². The van der Waals surface area contributed by atoms with Gasteiger partial charge in [0.2, 0.25) is 5.91 Å². The smallest absolute Gasteiger partial charge is 0.225 e. The van der Waals surface area contributed by atoms with E-state index in [1.54, 1.807) is 12.0 Å². The summed E-state index contributed by atoms with van der Waals surface area (Å²) in [5, 5.41) is 0. The van der Waals surface area contributed by atoms with Gasteiger partial charge in [-0.05, 0) is 13.8 Å². The quantitative estimate of drug-likeness (QED) is 0.661. The maximum absolute atomic E-state index is 11.6. The van der Waals surface area contributed by atoms with E-state index in [2.05, 4.69) is 0 Å². The summed E-state index contributed by atoms with van der Waals surface area (Å²) in [6, 6.07) is 0.112. The van der Waals surface area contributed by atoms with Crippen LogP contribution in [0.2, 0.25) is 0 Å². The van der Waals surface area contributed by atoms with Gasteiger partial charge in [0, 0.05) is 13.2 Å². The molecule has 1 amide bonds. The molecule has 0 fully saturated rings. The zero-order valence-corrected chi connectivity index (χ0v) is 9.76. The average Bonchev–Trinajstić information content (AvgIpc) is 2.09. The molecule has 0 unspecified atom stereocenters. The fraction of sp³-hybridized carbons (Fsp3) is 0.778. The SMILES string of the molecule is COCCC(=O)N(CC(N)=S)C(C)C. The molecule has 0 aromatic heterocycles. The number of ether oxygens (including phenoxy) is 1. The number of nitrogens with zero attached hydrogens (tertiary/aromatic N) is 1. The number of nitrogens with two attached hydrogens (primary N) is 1. The van der Waals surface area contributed by atoms with Crippen LogP contribution >= 0.6 is 12.2 Å². The predicted octanol–water partition coefficient (Wildman–Crippen LogP) is 0.546. The molecule has 0 bridgehead atoms. The molecule has 0 aromatic carbocycles. The molecule has 2 N–H and O–H groups in total. The van der Waals surface area contributed by atoms with Gasteiger partial charge in [-0.25, -0.2) is 0 Å². The van der Waals surface area contributed by atoms with Crippen molar-refractivity contribution in [3.05, 3.63) is 0 Å². The largest absolute Gasteiger partial charge is 0.392 e. The average molecular weight is 218 g/mol. The Morgan fingerprint density at radius 3 is 2.50 bits per heavy atom. The van der Waals surface area contributed by atoms with Gasteiger partial charge in [0.1, 0.15) is 0 Å². The molecule has 0 atom stereocenters. The lowest BCUT2D eigenvalue weighted by Gasteiger charge is -2.26. The maximum atomic E-state index is 11.6. The fourth-order valence-corrected chi connectivity index (χ4v) is 1.20. The summed E-state index contributed by atoms with van der Waals surface area (Å²) in [5.41, 5.74) is 5.40. The highest BCUT2D eigenvalue weighted by Crippen LogP contribution is 2.01. The summed E-state index contributed by atoms with van der Waals surface area (Å²) >= 11 is 4.78. The van der Waals surface area contributed by atoms with Crippen molar-refractivity contribution in [2.24, 2.45) is 5.73 Å². The monoisotopic (exact) mass is 218 g/mol. The lowest BCUT2D eigenvalue weighted by atomic mass is 10.2. The number of rotatable bonds is 6. The van der Waals surface area contributed by atoms with Gasteiger partial charge in [-0.15, -0.1) is 0 Å². The summed E-state index contributed by atoms with van der Waals surface area (Å²) in [4.78, 5) is 13.6. The van der Waals surface area contributed by atoms with Crippen LogP contribution in [0.15, 0.2) is 0 Å². The fourth-order valence-electron chi connectivity index (χ4n) is 1.06. The molecule has 82 valence electrons. The third-order valence-electron chi connectivity index (χ3n) is 1.79. The zero-order valence-electron chi connectivity index (χ0n) is 8.95. The van der Waals surface area contributed by atoms with Crippen molar-refractivity contribution in [3.8, 4) is 0 Å². The molecular weight excluding hydrogens is 200 g/mol. The topological polar surface area (TPSA) is 55.6 Å². The molecule has 0 aliphatic heterocycles. The number of carbonyl (C=O) groups is 1. The molecule has 0 saturated heterocycles. The Hall–Kier alpha value is -0.680. The van der Waals surface area contributed by atoms with Gasteiger partial charge in [-0.1, -0.05) is 12.2 Å². The van der Waals surface area contributed by atoms with Crippen molar-refractivity contribution in [2.45, 2.75) is 26.3 Å². The van der Waals surface area contributed by atoms with E-state index in [1.165, 1.54) is 0 Å². The molecule has 4 nitrogen and oxygen atoms in total. The summed E-state index contributed by atoms with van der Waals surface area (Å²) in [5.74, 6) is 0.0228. The van der Waals surface area contributed by atoms with E-state index in [0.29, 0.717) is 24.6 Å². The first-order chi connectivity index (χ1) is 6.49. The zero-order chi connectivity index (χ0) is 11.1. The Morgan fingerprint density at radius 1 is 1.57 bits per heavy atom. The van der Waals surface area contributed by atoms with Crippen molar-refractivity contribution in [1.29, 1.82) is 0 Å². The Balaban J connectivity index is 4.19. The van der Waals surface area contributed by atoms with Crippen LogP contribution in [0, 0.1) is 0 Å².